The number of primary amides is 1. The molecule has 0 fully saturated rings. The standard InChI is InChI=1S/C8H7NO3/c9-8(12)6-2-1-5(4-10)3-7(6)11/h1-4,11H,(H2,9,12). The van der Waals surface area contributed by atoms with E-state index in [0.29, 0.717) is 11.8 Å². The number of carbonyl (C=O) groups is 2. The minimum Gasteiger partial charge on any atom is -0.507 e. The van der Waals surface area contributed by atoms with Crippen LogP contribution in [0.5, 0.6) is 5.75 Å². The number of hydrogen-bond acceptors (Lipinski definition) is 3. The van der Waals surface area contributed by atoms with Crippen LogP contribution in [0.2, 0.25) is 0 Å². The van der Waals surface area contributed by atoms with E-state index >= 15 is 0 Å². The molecule has 0 radical (unpaired) electrons. The minimum atomic E-state index is -0.718. The van der Waals surface area contributed by atoms with Gasteiger partial charge in [0.05, 0.1) is 5.56 Å². The van der Waals surface area contributed by atoms with Gasteiger partial charge in [0.2, 0.25) is 0 Å². The molecule has 0 bridgehead atoms. The number of hydrogen-bond donors (Lipinski definition) is 2. The summed E-state index contributed by atoms with van der Waals surface area (Å²) in [7, 11) is 0. The molecule has 0 aliphatic rings. The largest absolute Gasteiger partial charge is 0.507 e. The monoisotopic (exact) mass is 165 g/mol. The van der Waals surface area contributed by atoms with Gasteiger partial charge in [-0.05, 0) is 12.1 Å². The van der Waals surface area contributed by atoms with E-state index in [0.717, 1.165) is 0 Å². The van der Waals surface area contributed by atoms with Crippen molar-refractivity contribution in [1.29, 1.82) is 0 Å². The number of amides is 1. The maximum atomic E-state index is 10.6. The SMILES string of the molecule is NC(=O)c1ccc(C=O)cc1O. The summed E-state index contributed by atoms with van der Waals surface area (Å²) in [5, 5.41) is 9.13. The number of benzene rings is 1. The van der Waals surface area contributed by atoms with Crippen molar-refractivity contribution in [2.75, 3.05) is 0 Å². The third-order valence-corrected chi connectivity index (χ3v) is 1.42. The molecule has 4 nitrogen and oxygen atoms in total. The van der Waals surface area contributed by atoms with Crippen molar-refractivity contribution in [3.8, 4) is 5.75 Å². The number of carbonyl (C=O) groups excluding carboxylic acids is 2. The molecular weight excluding hydrogens is 158 g/mol. The summed E-state index contributed by atoms with van der Waals surface area (Å²) in [5.41, 5.74) is 5.24. The summed E-state index contributed by atoms with van der Waals surface area (Å²) in [6.07, 6.45) is 0.574. The fourth-order valence-electron chi connectivity index (χ4n) is 0.830. The Kier molecular flexibility index (Phi) is 2.09. The Hall–Kier alpha value is -1.84. The average molecular weight is 165 g/mol. The molecule has 0 aliphatic heterocycles. The second kappa shape index (κ2) is 3.04. The van der Waals surface area contributed by atoms with Gasteiger partial charge in [-0.2, -0.15) is 0 Å². The van der Waals surface area contributed by atoms with Gasteiger partial charge in [0.1, 0.15) is 12.0 Å². The third-order valence-electron chi connectivity index (χ3n) is 1.42. The first-order valence-electron chi connectivity index (χ1n) is 3.23. The molecule has 0 atom stereocenters. The van der Waals surface area contributed by atoms with Gasteiger partial charge >= 0.3 is 0 Å². The second-order valence-corrected chi connectivity index (χ2v) is 2.26. The van der Waals surface area contributed by atoms with Gasteiger partial charge in [0.15, 0.2) is 0 Å². The molecule has 12 heavy (non-hydrogen) atoms. The average Bonchev–Trinajstić information content (AvgIpc) is 2.03. The molecule has 0 aromatic heterocycles. The van der Waals surface area contributed by atoms with Crippen LogP contribution in [-0.4, -0.2) is 17.3 Å². The van der Waals surface area contributed by atoms with Gasteiger partial charge in [-0.25, -0.2) is 0 Å². The van der Waals surface area contributed by atoms with Crippen LogP contribution in [0, 0.1) is 0 Å². The summed E-state index contributed by atoms with van der Waals surface area (Å²) >= 11 is 0. The molecule has 0 spiro atoms. The van der Waals surface area contributed by atoms with Gasteiger partial charge in [-0.3, -0.25) is 9.59 Å². The first-order chi connectivity index (χ1) is 5.65. The Bertz CT molecular complexity index is 333. The molecule has 3 N–H and O–H groups in total. The zero-order chi connectivity index (χ0) is 9.14. The van der Waals surface area contributed by atoms with Crippen LogP contribution in [0.3, 0.4) is 0 Å². The summed E-state index contributed by atoms with van der Waals surface area (Å²) in [4.78, 5) is 20.8. The first-order valence-corrected chi connectivity index (χ1v) is 3.23. The lowest BCUT2D eigenvalue weighted by molar-refractivity contribution is 0.0996. The van der Waals surface area contributed by atoms with Gasteiger partial charge in [-0.15, -0.1) is 0 Å². The van der Waals surface area contributed by atoms with Crippen LogP contribution < -0.4 is 5.73 Å². The topological polar surface area (TPSA) is 80.4 Å². The van der Waals surface area contributed by atoms with Crippen molar-refractivity contribution in [1.82, 2.24) is 0 Å². The quantitative estimate of drug-likeness (QED) is 0.618. The van der Waals surface area contributed by atoms with E-state index in [4.69, 9.17) is 10.8 Å². The molecule has 1 aromatic carbocycles. The highest BCUT2D eigenvalue weighted by atomic mass is 16.3. The lowest BCUT2D eigenvalue weighted by Gasteiger charge is -1.99. The maximum absolute atomic E-state index is 10.6. The van der Waals surface area contributed by atoms with E-state index in [-0.39, 0.29) is 11.3 Å². The predicted molar refractivity (Wildman–Crippen MR) is 42.0 cm³/mol. The number of rotatable bonds is 2. The highest BCUT2D eigenvalue weighted by Gasteiger charge is 2.06. The highest BCUT2D eigenvalue weighted by molar-refractivity contribution is 5.96. The Morgan fingerprint density at radius 2 is 2.17 bits per heavy atom. The molecule has 0 aliphatic carbocycles. The smallest absolute Gasteiger partial charge is 0.252 e. The second-order valence-electron chi connectivity index (χ2n) is 2.26. The predicted octanol–water partition coefficient (Wildman–Crippen LogP) is 0.304. The summed E-state index contributed by atoms with van der Waals surface area (Å²) in [6.45, 7) is 0. The van der Waals surface area contributed by atoms with Crippen molar-refractivity contribution in [3.05, 3.63) is 29.3 Å². The third kappa shape index (κ3) is 1.42. The molecule has 1 rings (SSSR count). The molecule has 0 unspecified atom stereocenters. The van der Waals surface area contributed by atoms with Crippen LogP contribution in [0.1, 0.15) is 20.7 Å². The van der Waals surface area contributed by atoms with Crippen LogP contribution in [0.25, 0.3) is 0 Å². The first kappa shape index (κ1) is 8.26. The minimum absolute atomic E-state index is 0.0144. The molecule has 1 aromatic rings. The van der Waals surface area contributed by atoms with Gasteiger partial charge in [0, 0.05) is 5.56 Å². The molecule has 0 heterocycles. The Morgan fingerprint density at radius 3 is 2.58 bits per heavy atom. The lowest BCUT2D eigenvalue weighted by atomic mass is 10.1. The van der Waals surface area contributed by atoms with Crippen LogP contribution in [-0.2, 0) is 0 Å². The van der Waals surface area contributed by atoms with Crippen molar-refractivity contribution in [2.45, 2.75) is 0 Å². The normalized spacial score (nSPS) is 9.33. The zero-order valence-electron chi connectivity index (χ0n) is 6.15. The van der Waals surface area contributed by atoms with Crippen LogP contribution in [0.15, 0.2) is 18.2 Å². The van der Waals surface area contributed by atoms with Crippen molar-refractivity contribution in [2.24, 2.45) is 5.73 Å². The van der Waals surface area contributed by atoms with Crippen molar-refractivity contribution >= 4 is 12.2 Å². The highest BCUT2D eigenvalue weighted by Crippen LogP contribution is 2.16. The maximum Gasteiger partial charge on any atom is 0.252 e. The Balaban J connectivity index is 3.20. The van der Waals surface area contributed by atoms with Gasteiger partial charge < -0.3 is 10.8 Å². The molecule has 4 heteroatoms. The van der Waals surface area contributed by atoms with Gasteiger partial charge in [-0.1, -0.05) is 6.07 Å². The molecule has 0 saturated carbocycles. The van der Waals surface area contributed by atoms with Gasteiger partial charge in [0.25, 0.3) is 5.91 Å². The van der Waals surface area contributed by atoms with E-state index in [2.05, 4.69) is 0 Å². The van der Waals surface area contributed by atoms with Crippen LogP contribution >= 0.6 is 0 Å². The zero-order valence-corrected chi connectivity index (χ0v) is 6.15. The van der Waals surface area contributed by atoms with E-state index < -0.39 is 5.91 Å². The van der Waals surface area contributed by atoms with E-state index in [1.165, 1.54) is 18.2 Å². The summed E-state index contributed by atoms with van der Waals surface area (Å²) in [6, 6.07) is 3.90. The van der Waals surface area contributed by atoms with Crippen molar-refractivity contribution < 1.29 is 14.7 Å². The Labute approximate surface area is 68.6 Å². The van der Waals surface area contributed by atoms with Crippen molar-refractivity contribution in [3.63, 3.8) is 0 Å². The van der Waals surface area contributed by atoms with E-state index in [1.807, 2.05) is 0 Å². The number of nitrogens with two attached hydrogens (primary N) is 1. The summed E-state index contributed by atoms with van der Waals surface area (Å²) < 4.78 is 0. The van der Waals surface area contributed by atoms with Crippen LogP contribution in [0.4, 0.5) is 0 Å². The molecule has 0 saturated heterocycles. The fourth-order valence-corrected chi connectivity index (χ4v) is 0.830. The van der Waals surface area contributed by atoms with E-state index in [9.17, 15) is 9.59 Å². The molecular formula is C8H7NO3. The molecule has 62 valence electrons. The number of phenols is 1. The fraction of sp³-hybridized carbons (Fsp3) is 0. The number of aldehydes is 1. The lowest BCUT2D eigenvalue weighted by Crippen LogP contribution is -2.11. The molecule has 1 amide bonds. The number of aromatic hydroxyl groups is 1. The Morgan fingerprint density at radius 1 is 1.50 bits per heavy atom. The summed E-state index contributed by atoms with van der Waals surface area (Å²) in [5.74, 6) is -0.989. The van der Waals surface area contributed by atoms with E-state index in [1.54, 1.807) is 0 Å².